The smallest absolute Gasteiger partial charge is 0.288 e. The normalized spacial score (nSPS) is 9.03. The third kappa shape index (κ3) is 8.62. The molecule has 0 fully saturated rings. The Morgan fingerprint density at radius 2 is 1.41 bits per heavy atom. The van der Waals surface area contributed by atoms with E-state index in [-0.39, 0.29) is 21.8 Å². The summed E-state index contributed by atoms with van der Waals surface area (Å²) in [5.41, 5.74) is 6.41. The Hall–Kier alpha value is -2.44. The predicted octanol–water partition coefficient (Wildman–Crippen LogP) is 5.60. The molecule has 0 heterocycles. The topological polar surface area (TPSA) is 95.4 Å². The van der Waals surface area contributed by atoms with E-state index in [0.717, 1.165) is 0 Å². The van der Waals surface area contributed by atoms with Crippen LogP contribution in [0.25, 0.3) is 10.4 Å². The number of thiocarbonyl (C=S) groups is 1. The molecule has 0 aliphatic rings. The SMILES string of the molecule is CC.CCC(=O)S.CCC(=S)ON(N=[N+]=[N-])C(=O)c1c(F)c(F)c(F)c(F)c1F. The Kier molecular flexibility index (Phi) is 14.4. The minimum Gasteiger partial charge on any atom is -0.288 e. The third-order valence-electron chi connectivity index (χ3n) is 2.50. The van der Waals surface area contributed by atoms with E-state index in [0.29, 0.717) is 6.42 Å². The highest BCUT2D eigenvalue weighted by Gasteiger charge is 2.36. The van der Waals surface area contributed by atoms with Gasteiger partial charge in [-0.2, -0.15) is 4.91 Å². The highest BCUT2D eigenvalue weighted by molar-refractivity contribution is 7.96. The number of carbonyl (C=O) groups is 2. The van der Waals surface area contributed by atoms with Gasteiger partial charge in [-0.25, -0.2) is 26.7 Å². The van der Waals surface area contributed by atoms with Gasteiger partial charge in [0, 0.05) is 23.2 Å². The first-order chi connectivity index (χ1) is 13.5. The molecule has 0 unspecified atom stereocenters. The first-order valence-corrected chi connectivity index (χ1v) is 8.72. The molecular weight excluding hydrogens is 443 g/mol. The van der Waals surface area contributed by atoms with E-state index in [1.54, 1.807) is 6.92 Å². The lowest BCUT2D eigenvalue weighted by Gasteiger charge is -2.12. The molecule has 0 bridgehead atoms. The number of carbonyl (C=O) groups excluding carboxylic acids is 2. The van der Waals surface area contributed by atoms with Crippen molar-refractivity contribution in [2.24, 2.45) is 5.22 Å². The second kappa shape index (κ2) is 14.5. The van der Waals surface area contributed by atoms with Crippen molar-refractivity contribution in [1.82, 2.24) is 5.17 Å². The maximum atomic E-state index is 13.5. The predicted molar refractivity (Wildman–Crippen MR) is 101 cm³/mol. The standard InChI is InChI=1S/C10H5F5N4O2S.C3H6OS.C2H6/c1-2-3(22)21-19(18-17-16)10(20)4-5(11)7(13)9(15)8(14)6(4)12;1-2-3(4)5;1-2/h2H2,1H3;2H2,1H3,(H,4,5);1-2H3. The zero-order valence-electron chi connectivity index (χ0n) is 15.7. The molecule has 29 heavy (non-hydrogen) atoms. The Morgan fingerprint density at radius 1 is 1.03 bits per heavy atom. The van der Waals surface area contributed by atoms with Gasteiger partial charge < -0.3 is 0 Å². The average Bonchev–Trinajstić information content (AvgIpc) is 2.72. The zero-order chi connectivity index (χ0) is 23.3. The highest BCUT2D eigenvalue weighted by atomic mass is 32.1. The fourth-order valence-electron chi connectivity index (χ4n) is 1.19. The van der Waals surface area contributed by atoms with Crippen molar-refractivity contribution in [3.8, 4) is 0 Å². The number of nitrogens with zero attached hydrogens (tertiary/aromatic N) is 4. The summed E-state index contributed by atoms with van der Waals surface area (Å²) in [4.78, 5) is 28.1. The number of rotatable bonds is 4. The molecule has 0 N–H and O–H groups in total. The largest absolute Gasteiger partial charge is 0.390 e. The Balaban J connectivity index is 0. The van der Waals surface area contributed by atoms with Gasteiger partial charge in [-0.15, -0.1) is 18.2 Å². The first-order valence-electron chi connectivity index (χ1n) is 7.86. The number of hydrogen-bond acceptors (Lipinski definition) is 5. The summed E-state index contributed by atoms with van der Waals surface area (Å²) < 4.78 is 65.9. The Morgan fingerprint density at radius 3 is 1.72 bits per heavy atom. The summed E-state index contributed by atoms with van der Waals surface area (Å²) in [6, 6.07) is 0. The molecule has 1 amide bonds. The van der Waals surface area contributed by atoms with Crippen LogP contribution in [0.1, 0.15) is 50.9 Å². The Labute approximate surface area is 173 Å². The molecule has 0 aliphatic carbocycles. The summed E-state index contributed by atoms with van der Waals surface area (Å²) in [5, 5.41) is 1.94. The van der Waals surface area contributed by atoms with E-state index in [2.05, 4.69) is 39.8 Å². The molecule has 0 saturated heterocycles. The molecule has 0 aromatic heterocycles. The number of amides is 1. The molecule has 1 rings (SSSR count). The van der Waals surface area contributed by atoms with Crippen LogP contribution in [0.4, 0.5) is 22.0 Å². The molecule has 0 atom stereocenters. The third-order valence-corrected chi connectivity index (χ3v) is 3.18. The van der Waals surface area contributed by atoms with E-state index < -0.39 is 40.6 Å². The molecule has 162 valence electrons. The van der Waals surface area contributed by atoms with Gasteiger partial charge in [-0.05, 0) is 12.2 Å². The highest BCUT2D eigenvalue weighted by Crippen LogP contribution is 2.24. The molecular formula is C15H17F5N4O3S2. The van der Waals surface area contributed by atoms with Crippen LogP contribution >= 0.6 is 24.8 Å². The molecule has 0 saturated carbocycles. The van der Waals surface area contributed by atoms with Crippen LogP contribution in [0.15, 0.2) is 5.22 Å². The summed E-state index contributed by atoms with van der Waals surface area (Å²) in [6.45, 7) is 7.24. The first kappa shape index (κ1) is 28.8. The van der Waals surface area contributed by atoms with Crippen molar-refractivity contribution in [2.75, 3.05) is 0 Å². The van der Waals surface area contributed by atoms with Crippen LogP contribution in [0.5, 0.6) is 0 Å². The van der Waals surface area contributed by atoms with Gasteiger partial charge in [-0.1, -0.05) is 27.7 Å². The van der Waals surface area contributed by atoms with Crippen LogP contribution in [-0.2, 0) is 9.63 Å². The summed E-state index contributed by atoms with van der Waals surface area (Å²) >= 11 is 8.02. The Bertz CT molecular complexity index is 776. The maximum absolute atomic E-state index is 13.5. The van der Waals surface area contributed by atoms with Crippen LogP contribution < -0.4 is 0 Å². The summed E-state index contributed by atoms with van der Waals surface area (Å²) in [5.74, 6) is -13.8. The van der Waals surface area contributed by atoms with Crippen LogP contribution in [0, 0.1) is 29.1 Å². The molecule has 0 spiro atoms. The zero-order valence-corrected chi connectivity index (χ0v) is 17.4. The van der Waals surface area contributed by atoms with E-state index in [4.69, 9.17) is 5.53 Å². The van der Waals surface area contributed by atoms with Gasteiger partial charge in [-0.3, -0.25) is 9.63 Å². The molecule has 0 aliphatic heterocycles. The van der Waals surface area contributed by atoms with Gasteiger partial charge in [0.2, 0.25) is 10.9 Å². The lowest BCUT2D eigenvalue weighted by Crippen LogP contribution is -2.30. The fraction of sp³-hybridized carbons (Fsp3) is 0.400. The molecule has 0 radical (unpaired) electrons. The van der Waals surface area contributed by atoms with Crippen LogP contribution in [0.3, 0.4) is 0 Å². The quantitative estimate of drug-likeness (QED) is 0.0728. The number of thiol groups is 1. The number of azide groups is 1. The van der Waals surface area contributed by atoms with Crippen molar-refractivity contribution in [2.45, 2.75) is 40.5 Å². The number of halogens is 5. The van der Waals surface area contributed by atoms with Crippen molar-refractivity contribution in [3.63, 3.8) is 0 Å². The van der Waals surface area contributed by atoms with Crippen LogP contribution in [0.2, 0.25) is 0 Å². The monoisotopic (exact) mass is 460 g/mol. The average molecular weight is 460 g/mol. The molecule has 14 heteroatoms. The summed E-state index contributed by atoms with van der Waals surface area (Å²) in [6.07, 6.45) is 0.570. The maximum Gasteiger partial charge on any atom is 0.390 e. The van der Waals surface area contributed by atoms with Crippen molar-refractivity contribution >= 4 is 40.9 Å². The van der Waals surface area contributed by atoms with E-state index in [1.165, 1.54) is 6.92 Å². The van der Waals surface area contributed by atoms with Crippen molar-refractivity contribution < 1.29 is 36.4 Å². The van der Waals surface area contributed by atoms with Gasteiger partial charge in [0.05, 0.1) is 0 Å². The number of hydroxylamine groups is 1. The van der Waals surface area contributed by atoms with Gasteiger partial charge in [0.25, 0.3) is 0 Å². The molecule has 1 aromatic rings. The number of hydrogen-bond donors (Lipinski definition) is 1. The van der Waals surface area contributed by atoms with Gasteiger partial charge >= 0.3 is 5.91 Å². The summed E-state index contributed by atoms with van der Waals surface area (Å²) in [7, 11) is 0. The molecule has 7 nitrogen and oxygen atoms in total. The van der Waals surface area contributed by atoms with Crippen molar-refractivity contribution in [3.05, 3.63) is 45.1 Å². The van der Waals surface area contributed by atoms with E-state index >= 15 is 0 Å². The molecule has 1 aromatic carbocycles. The lowest BCUT2D eigenvalue weighted by atomic mass is 10.1. The lowest BCUT2D eigenvalue weighted by molar-refractivity contribution is -0.110. The second-order valence-corrected chi connectivity index (χ2v) is 5.22. The van der Waals surface area contributed by atoms with E-state index in [9.17, 15) is 31.5 Å². The van der Waals surface area contributed by atoms with Crippen molar-refractivity contribution in [1.29, 1.82) is 0 Å². The van der Waals surface area contributed by atoms with Gasteiger partial charge in [0.15, 0.2) is 28.4 Å². The minimum atomic E-state index is -2.44. The fourth-order valence-corrected chi connectivity index (χ4v) is 1.26. The van der Waals surface area contributed by atoms with Gasteiger partial charge in [0.1, 0.15) is 5.56 Å². The minimum absolute atomic E-state index is 0.0389. The van der Waals surface area contributed by atoms with Crippen LogP contribution in [-0.4, -0.2) is 21.2 Å². The second-order valence-electron chi connectivity index (χ2n) is 4.27. The number of benzene rings is 1. The van der Waals surface area contributed by atoms with E-state index in [1.807, 2.05) is 13.8 Å².